The molecular weight excluding hydrogens is 250 g/mol. The van der Waals surface area contributed by atoms with Crippen LogP contribution in [0.1, 0.15) is 57.6 Å². The Kier molecular flexibility index (Phi) is 6.37. The number of hydrogen-bond acceptors (Lipinski definition) is 3. The highest BCUT2D eigenvalue weighted by Crippen LogP contribution is 2.21. The van der Waals surface area contributed by atoms with Gasteiger partial charge in [0.25, 0.3) is 0 Å². The maximum atomic E-state index is 5.41. The van der Waals surface area contributed by atoms with E-state index in [1.54, 1.807) is 0 Å². The highest BCUT2D eigenvalue weighted by Gasteiger charge is 2.14. The number of anilines is 1. The molecule has 4 heteroatoms. The van der Waals surface area contributed by atoms with Crippen LogP contribution >= 0.6 is 0 Å². The lowest BCUT2D eigenvalue weighted by atomic mass is 10.1. The molecule has 4 nitrogen and oxygen atoms in total. The Hall–Kier alpha value is -1.03. The van der Waals surface area contributed by atoms with E-state index in [1.807, 2.05) is 6.92 Å². The molecule has 1 aliphatic rings. The molecule has 2 rings (SSSR count). The van der Waals surface area contributed by atoms with Gasteiger partial charge in [-0.3, -0.25) is 0 Å². The second-order valence-electron chi connectivity index (χ2n) is 5.78. The van der Waals surface area contributed by atoms with Gasteiger partial charge >= 0.3 is 0 Å². The van der Waals surface area contributed by atoms with Crippen LogP contribution in [0.15, 0.2) is 6.20 Å². The van der Waals surface area contributed by atoms with Gasteiger partial charge in [-0.2, -0.15) is 0 Å². The molecule has 0 radical (unpaired) electrons. The summed E-state index contributed by atoms with van der Waals surface area (Å²) in [5.41, 5.74) is 1.09. The van der Waals surface area contributed by atoms with E-state index in [0.29, 0.717) is 6.04 Å². The standard InChI is InChI=1S/C16H29N3O/c1-3-20-12-8-11-19-13-14(2)17-16(19)18-15-9-6-4-5-7-10-15/h13,15H,3-12H2,1-2H3,(H,17,18). The lowest BCUT2D eigenvalue weighted by molar-refractivity contribution is 0.142. The van der Waals surface area contributed by atoms with E-state index in [-0.39, 0.29) is 0 Å². The zero-order valence-corrected chi connectivity index (χ0v) is 13.0. The summed E-state index contributed by atoms with van der Waals surface area (Å²) >= 11 is 0. The van der Waals surface area contributed by atoms with Gasteiger partial charge in [-0.05, 0) is 33.1 Å². The summed E-state index contributed by atoms with van der Waals surface area (Å²) in [4.78, 5) is 4.65. The fourth-order valence-corrected chi connectivity index (χ4v) is 2.92. The molecule has 0 unspecified atom stereocenters. The van der Waals surface area contributed by atoms with Crippen LogP contribution in [0.4, 0.5) is 5.95 Å². The average molecular weight is 279 g/mol. The largest absolute Gasteiger partial charge is 0.382 e. The molecule has 1 aromatic rings. The monoisotopic (exact) mass is 279 g/mol. The molecule has 0 saturated heterocycles. The van der Waals surface area contributed by atoms with Crippen LogP contribution < -0.4 is 5.32 Å². The van der Waals surface area contributed by atoms with Gasteiger partial charge < -0.3 is 14.6 Å². The summed E-state index contributed by atoms with van der Waals surface area (Å²) in [6.07, 6.45) is 11.2. The van der Waals surface area contributed by atoms with Gasteiger partial charge in [-0.15, -0.1) is 0 Å². The van der Waals surface area contributed by atoms with Crippen LogP contribution in [0.5, 0.6) is 0 Å². The summed E-state index contributed by atoms with van der Waals surface area (Å²) in [7, 11) is 0. The molecule has 0 aliphatic heterocycles. The fourth-order valence-electron chi connectivity index (χ4n) is 2.92. The minimum atomic E-state index is 0.602. The van der Waals surface area contributed by atoms with Crippen LogP contribution in [0.2, 0.25) is 0 Å². The first-order chi connectivity index (χ1) is 9.79. The zero-order valence-electron chi connectivity index (χ0n) is 13.0. The number of aromatic nitrogens is 2. The van der Waals surface area contributed by atoms with Crippen molar-refractivity contribution in [2.75, 3.05) is 18.5 Å². The van der Waals surface area contributed by atoms with Crippen molar-refractivity contribution in [3.05, 3.63) is 11.9 Å². The topological polar surface area (TPSA) is 39.1 Å². The molecule has 1 saturated carbocycles. The smallest absolute Gasteiger partial charge is 0.203 e. The van der Waals surface area contributed by atoms with E-state index in [4.69, 9.17) is 4.74 Å². The quantitative estimate of drug-likeness (QED) is 0.610. The van der Waals surface area contributed by atoms with Gasteiger partial charge in [0, 0.05) is 32.0 Å². The van der Waals surface area contributed by atoms with Crippen molar-refractivity contribution in [3.63, 3.8) is 0 Å². The zero-order chi connectivity index (χ0) is 14.2. The molecule has 1 aliphatic carbocycles. The molecule has 1 aromatic heterocycles. The average Bonchev–Trinajstić information content (AvgIpc) is 2.64. The van der Waals surface area contributed by atoms with Crippen molar-refractivity contribution >= 4 is 5.95 Å². The Morgan fingerprint density at radius 1 is 1.30 bits per heavy atom. The van der Waals surface area contributed by atoms with Crippen molar-refractivity contribution in [1.29, 1.82) is 0 Å². The van der Waals surface area contributed by atoms with Crippen LogP contribution in [0.3, 0.4) is 0 Å². The third kappa shape index (κ3) is 4.82. The van der Waals surface area contributed by atoms with Gasteiger partial charge in [0.2, 0.25) is 5.95 Å². The Bertz CT molecular complexity index is 381. The number of rotatable bonds is 7. The van der Waals surface area contributed by atoms with E-state index in [0.717, 1.165) is 37.8 Å². The Morgan fingerprint density at radius 3 is 2.75 bits per heavy atom. The van der Waals surface area contributed by atoms with Crippen molar-refractivity contribution in [1.82, 2.24) is 9.55 Å². The van der Waals surface area contributed by atoms with Gasteiger partial charge in [-0.1, -0.05) is 25.7 Å². The lowest BCUT2D eigenvalue weighted by Crippen LogP contribution is -2.21. The van der Waals surface area contributed by atoms with Crippen molar-refractivity contribution in [2.24, 2.45) is 0 Å². The van der Waals surface area contributed by atoms with Crippen molar-refractivity contribution in [2.45, 2.75) is 71.4 Å². The second-order valence-corrected chi connectivity index (χ2v) is 5.78. The maximum absolute atomic E-state index is 5.41. The number of nitrogens with zero attached hydrogens (tertiary/aromatic N) is 2. The summed E-state index contributed by atoms with van der Waals surface area (Å²) in [6.45, 7) is 6.72. The summed E-state index contributed by atoms with van der Waals surface area (Å²) in [6, 6.07) is 0.602. The Morgan fingerprint density at radius 2 is 2.05 bits per heavy atom. The third-order valence-corrected chi connectivity index (χ3v) is 3.98. The normalized spacial score (nSPS) is 17.1. The molecule has 0 aromatic carbocycles. The van der Waals surface area contributed by atoms with Gasteiger partial charge in [0.05, 0.1) is 5.69 Å². The number of ether oxygens (including phenoxy) is 1. The molecule has 1 N–H and O–H groups in total. The minimum absolute atomic E-state index is 0.602. The fraction of sp³-hybridized carbons (Fsp3) is 0.812. The molecule has 0 amide bonds. The van der Waals surface area contributed by atoms with Gasteiger partial charge in [-0.25, -0.2) is 4.98 Å². The maximum Gasteiger partial charge on any atom is 0.203 e. The highest BCUT2D eigenvalue weighted by molar-refractivity contribution is 5.30. The van der Waals surface area contributed by atoms with Gasteiger partial charge in [0.15, 0.2) is 0 Å². The molecule has 0 spiro atoms. The summed E-state index contributed by atoms with van der Waals surface area (Å²) in [5, 5.41) is 3.66. The first kappa shape index (κ1) is 15.4. The van der Waals surface area contributed by atoms with Crippen LogP contribution in [-0.4, -0.2) is 28.8 Å². The lowest BCUT2D eigenvalue weighted by Gasteiger charge is -2.18. The highest BCUT2D eigenvalue weighted by atomic mass is 16.5. The van der Waals surface area contributed by atoms with E-state index < -0.39 is 0 Å². The molecule has 114 valence electrons. The number of nitrogens with one attached hydrogen (secondary N) is 1. The number of hydrogen-bond donors (Lipinski definition) is 1. The predicted molar refractivity (Wildman–Crippen MR) is 83.2 cm³/mol. The Balaban J connectivity index is 1.88. The van der Waals surface area contributed by atoms with Gasteiger partial charge in [0.1, 0.15) is 0 Å². The van der Waals surface area contributed by atoms with E-state index in [1.165, 1.54) is 38.5 Å². The van der Waals surface area contributed by atoms with Crippen LogP contribution in [0.25, 0.3) is 0 Å². The molecule has 1 heterocycles. The third-order valence-electron chi connectivity index (χ3n) is 3.98. The SMILES string of the molecule is CCOCCCn1cc(C)nc1NC1CCCCCC1. The second kappa shape index (κ2) is 8.30. The van der Waals surface area contributed by atoms with E-state index in [9.17, 15) is 0 Å². The number of aryl methyl sites for hydroxylation is 2. The van der Waals surface area contributed by atoms with E-state index >= 15 is 0 Å². The van der Waals surface area contributed by atoms with Crippen molar-refractivity contribution in [3.8, 4) is 0 Å². The summed E-state index contributed by atoms with van der Waals surface area (Å²) in [5.74, 6) is 1.05. The first-order valence-electron chi connectivity index (χ1n) is 8.17. The first-order valence-corrected chi connectivity index (χ1v) is 8.17. The molecule has 0 atom stereocenters. The van der Waals surface area contributed by atoms with Crippen molar-refractivity contribution < 1.29 is 4.74 Å². The van der Waals surface area contributed by atoms with Crippen LogP contribution in [-0.2, 0) is 11.3 Å². The van der Waals surface area contributed by atoms with Crippen LogP contribution in [0, 0.1) is 6.92 Å². The molecule has 0 bridgehead atoms. The minimum Gasteiger partial charge on any atom is -0.382 e. The summed E-state index contributed by atoms with van der Waals surface area (Å²) < 4.78 is 7.66. The molecule has 20 heavy (non-hydrogen) atoms. The number of imidazole rings is 1. The van der Waals surface area contributed by atoms with E-state index in [2.05, 4.69) is 28.0 Å². The molecule has 1 fully saturated rings. The predicted octanol–water partition coefficient (Wildman–Crippen LogP) is 3.75. The molecular formula is C16H29N3O. The Labute approximate surface area is 122 Å².